The summed E-state index contributed by atoms with van der Waals surface area (Å²) < 4.78 is 12.0. The first kappa shape index (κ1) is 8.43. The maximum Gasteiger partial charge on any atom is 0.133 e. The fourth-order valence-corrected chi connectivity index (χ4v) is 1.02. The van der Waals surface area contributed by atoms with Gasteiger partial charge < -0.3 is 5.73 Å². The Labute approximate surface area is 69.2 Å². The van der Waals surface area contributed by atoms with Crippen LogP contribution in [0.2, 0.25) is 5.15 Å². The van der Waals surface area contributed by atoms with E-state index in [9.17, 15) is 4.39 Å². The lowest BCUT2D eigenvalue weighted by Gasteiger charge is -2.07. The molecule has 4 heteroatoms. The predicted molar refractivity (Wildman–Crippen MR) is 42.2 cm³/mol. The van der Waals surface area contributed by atoms with Gasteiger partial charge in [0.1, 0.15) is 11.8 Å². The lowest BCUT2D eigenvalue weighted by molar-refractivity contribution is 0.436. The first-order valence-corrected chi connectivity index (χ1v) is 3.55. The molecule has 60 valence electrons. The van der Waals surface area contributed by atoms with Crippen LogP contribution in [0.5, 0.6) is 0 Å². The second kappa shape index (κ2) is 3.64. The molecule has 0 bridgehead atoms. The maximum atomic E-state index is 12.0. The van der Waals surface area contributed by atoms with Gasteiger partial charge in [0.15, 0.2) is 0 Å². The van der Waals surface area contributed by atoms with Crippen LogP contribution < -0.4 is 5.73 Å². The molecule has 0 spiro atoms. The second-order valence-electron chi connectivity index (χ2n) is 2.14. The summed E-state index contributed by atoms with van der Waals surface area (Å²) in [5.41, 5.74) is 5.95. The molecule has 0 unspecified atom stereocenters. The van der Waals surface area contributed by atoms with Crippen molar-refractivity contribution in [1.29, 1.82) is 0 Å². The highest BCUT2D eigenvalue weighted by molar-refractivity contribution is 6.30. The Morgan fingerprint density at radius 3 is 3.00 bits per heavy atom. The highest BCUT2D eigenvalue weighted by Crippen LogP contribution is 2.18. The van der Waals surface area contributed by atoms with Gasteiger partial charge in [0.2, 0.25) is 0 Å². The minimum absolute atomic E-state index is 0.276. The van der Waals surface area contributed by atoms with E-state index in [4.69, 9.17) is 17.3 Å². The van der Waals surface area contributed by atoms with Crippen molar-refractivity contribution in [1.82, 2.24) is 4.98 Å². The Bertz CT molecular complexity index is 242. The quantitative estimate of drug-likeness (QED) is 0.694. The van der Waals surface area contributed by atoms with Crippen molar-refractivity contribution in [3.8, 4) is 0 Å². The normalized spacial score (nSPS) is 13.0. The SMILES string of the molecule is N[C@@H](CF)c1cccnc1Cl. The maximum absolute atomic E-state index is 12.0. The molecule has 11 heavy (non-hydrogen) atoms. The Kier molecular flexibility index (Phi) is 2.79. The number of hydrogen-bond donors (Lipinski definition) is 1. The molecule has 0 saturated heterocycles. The number of halogens is 2. The highest BCUT2D eigenvalue weighted by atomic mass is 35.5. The van der Waals surface area contributed by atoms with Gasteiger partial charge in [0.25, 0.3) is 0 Å². The van der Waals surface area contributed by atoms with Crippen LogP contribution in [0.15, 0.2) is 18.3 Å². The van der Waals surface area contributed by atoms with E-state index in [-0.39, 0.29) is 5.15 Å². The zero-order valence-corrected chi connectivity index (χ0v) is 6.55. The number of rotatable bonds is 2. The first-order chi connectivity index (χ1) is 5.25. The standard InChI is InChI=1S/C7H8ClFN2/c8-7-5(6(10)4-9)2-1-3-11-7/h1-3,6H,4,10H2/t6-/m0/s1. The fraction of sp³-hybridized carbons (Fsp3) is 0.286. The van der Waals surface area contributed by atoms with Crippen LogP contribution in [-0.4, -0.2) is 11.7 Å². The van der Waals surface area contributed by atoms with Gasteiger partial charge >= 0.3 is 0 Å². The van der Waals surface area contributed by atoms with Crippen LogP contribution in [0.25, 0.3) is 0 Å². The fourth-order valence-electron chi connectivity index (χ4n) is 0.758. The Morgan fingerprint density at radius 2 is 2.45 bits per heavy atom. The molecule has 2 nitrogen and oxygen atoms in total. The summed E-state index contributed by atoms with van der Waals surface area (Å²) in [6.07, 6.45) is 1.54. The molecule has 1 aromatic rings. The van der Waals surface area contributed by atoms with Crippen LogP contribution in [-0.2, 0) is 0 Å². The third kappa shape index (κ3) is 1.88. The average Bonchev–Trinajstić information content (AvgIpc) is 2.04. The summed E-state index contributed by atoms with van der Waals surface area (Å²) in [7, 11) is 0. The van der Waals surface area contributed by atoms with Crippen molar-refractivity contribution in [3.05, 3.63) is 29.0 Å². The summed E-state index contributed by atoms with van der Waals surface area (Å²) >= 11 is 5.64. The zero-order chi connectivity index (χ0) is 8.27. The van der Waals surface area contributed by atoms with Crippen LogP contribution in [0, 0.1) is 0 Å². The predicted octanol–water partition coefficient (Wildman–Crippen LogP) is 1.70. The molecule has 0 aliphatic heterocycles. The second-order valence-corrected chi connectivity index (χ2v) is 2.50. The summed E-state index contributed by atoms with van der Waals surface area (Å²) in [4.78, 5) is 3.77. The number of aromatic nitrogens is 1. The molecule has 1 atom stereocenters. The van der Waals surface area contributed by atoms with Crippen LogP contribution in [0.4, 0.5) is 4.39 Å². The summed E-state index contributed by atoms with van der Waals surface area (Å²) in [6.45, 7) is -0.620. The summed E-state index contributed by atoms with van der Waals surface area (Å²) in [5, 5.41) is 0.276. The van der Waals surface area contributed by atoms with Crippen molar-refractivity contribution in [2.24, 2.45) is 5.73 Å². The molecule has 0 amide bonds. The molecule has 0 saturated carbocycles. The first-order valence-electron chi connectivity index (χ1n) is 3.17. The van der Waals surface area contributed by atoms with Gasteiger partial charge in [-0.15, -0.1) is 0 Å². The van der Waals surface area contributed by atoms with Gasteiger partial charge in [0.05, 0.1) is 6.04 Å². The molecule has 1 rings (SSSR count). The molecule has 1 aromatic heterocycles. The molecule has 1 heterocycles. The van der Waals surface area contributed by atoms with Gasteiger partial charge in [-0.25, -0.2) is 9.37 Å². The Hall–Kier alpha value is -0.670. The van der Waals surface area contributed by atoms with E-state index in [1.807, 2.05) is 0 Å². The van der Waals surface area contributed by atoms with E-state index in [1.165, 1.54) is 6.20 Å². The number of nitrogens with two attached hydrogens (primary N) is 1. The van der Waals surface area contributed by atoms with Crippen molar-refractivity contribution in [2.75, 3.05) is 6.67 Å². The molecular formula is C7H8ClFN2. The number of pyridine rings is 1. The van der Waals surface area contributed by atoms with E-state index in [2.05, 4.69) is 4.98 Å². The third-order valence-electron chi connectivity index (χ3n) is 1.35. The Morgan fingerprint density at radius 1 is 1.73 bits per heavy atom. The average molecular weight is 175 g/mol. The minimum Gasteiger partial charge on any atom is -0.322 e. The number of hydrogen-bond acceptors (Lipinski definition) is 2. The molecular weight excluding hydrogens is 167 g/mol. The minimum atomic E-state index is -0.656. The van der Waals surface area contributed by atoms with Gasteiger partial charge in [0, 0.05) is 11.8 Å². The molecule has 0 aliphatic rings. The molecule has 2 N–H and O–H groups in total. The molecule has 0 aliphatic carbocycles. The van der Waals surface area contributed by atoms with E-state index in [1.54, 1.807) is 12.1 Å². The topological polar surface area (TPSA) is 38.9 Å². The van der Waals surface area contributed by atoms with Crippen molar-refractivity contribution in [3.63, 3.8) is 0 Å². The molecule has 0 fully saturated rings. The number of nitrogens with zero attached hydrogens (tertiary/aromatic N) is 1. The van der Waals surface area contributed by atoms with Gasteiger partial charge in [-0.05, 0) is 6.07 Å². The van der Waals surface area contributed by atoms with Crippen molar-refractivity contribution in [2.45, 2.75) is 6.04 Å². The van der Waals surface area contributed by atoms with E-state index in [0.717, 1.165) is 0 Å². The van der Waals surface area contributed by atoms with Crippen LogP contribution >= 0.6 is 11.6 Å². The summed E-state index contributed by atoms with van der Waals surface area (Å²) in [5.74, 6) is 0. The largest absolute Gasteiger partial charge is 0.322 e. The molecule has 0 radical (unpaired) electrons. The van der Waals surface area contributed by atoms with Gasteiger partial charge in [-0.2, -0.15) is 0 Å². The monoisotopic (exact) mass is 174 g/mol. The smallest absolute Gasteiger partial charge is 0.133 e. The third-order valence-corrected chi connectivity index (χ3v) is 1.67. The van der Waals surface area contributed by atoms with Gasteiger partial charge in [-0.3, -0.25) is 0 Å². The van der Waals surface area contributed by atoms with Crippen LogP contribution in [0.3, 0.4) is 0 Å². The number of alkyl halides is 1. The van der Waals surface area contributed by atoms with E-state index >= 15 is 0 Å². The summed E-state index contributed by atoms with van der Waals surface area (Å²) in [6, 6.07) is 2.69. The molecule has 0 aromatic carbocycles. The highest BCUT2D eigenvalue weighted by Gasteiger charge is 2.08. The lowest BCUT2D eigenvalue weighted by atomic mass is 10.1. The lowest BCUT2D eigenvalue weighted by Crippen LogP contribution is -2.12. The van der Waals surface area contributed by atoms with Crippen molar-refractivity contribution >= 4 is 11.6 Å². The van der Waals surface area contributed by atoms with E-state index in [0.29, 0.717) is 5.56 Å². The van der Waals surface area contributed by atoms with Gasteiger partial charge in [-0.1, -0.05) is 17.7 Å². The van der Waals surface area contributed by atoms with Crippen molar-refractivity contribution < 1.29 is 4.39 Å². The van der Waals surface area contributed by atoms with E-state index < -0.39 is 12.7 Å². The van der Waals surface area contributed by atoms with Crippen LogP contribution in [0.1, 0.15) is 11.6 Å². The Balaban J connectivity index is 2.93. The zero-order valence-electron chi connectivity index (χ0n) is 5.80.